The maximum atomic E-state index is 9.45. The zero-order valence-electron chi connectivity index (χ0n) is 7.85. The van der Waals surface area contributed by atoms with E-state index in [1.165, 1.54) is 6.42 Å². The minimum atomic E-state index is -1.02. The molecule has 0 aliphatic heterocycles. The van der Waals surface area contributed by atoms with Crippen molar-refractivity contribution in [3.8, 4) is 0 Å². The fourth-order valence-corrected chi connectivity index (χ4v) is 0.144. The van der Waals surface area contributed by atoms with Crippen molar-refractivity contribution in [2.45, 2.75) is 32.6 Å². The zero-order valence-corrected chi connectivity index (χ0v) is 12.3. The van der Waals surface area contributed by atoms with Gasteiger partial charge in [0.05, 0.1) is 0 Å². The molecule has 0 aliphatic carbocycles. The van der Waals surface area contributed by atoms with Crippen LogP contribution in [0.2, 0.25) is 0 Å². The van der Waals surface area contributed by atoms with Crippen molar-refractivity contribution in [3.63, 3.8) is 0 Å². The average molecular weight is 334 g/mol. The quantitative estimate of drug-likeness (QED) is 0.562. The summed E-state index contributed by atoms with van der Waals surface area (Å²) >= 11 is 0. The van der Waals surface area contributed by atoms with Crippen LogP contribution in [0.5, 0.6) is 0 Å². The summed E-state index contributed by atoms with van der Waals surface area (Å²) < 4.78 is 0. The molecule has 0 amide bonds. The Labute approximate surface area is 111 Å². The summed E-state index contributed by atoms with van der Waals surface area (Å²) in [4.78, 5) is 9.45. The second-order valence-corrected chi connectivity index (χ2v) is 1.83. The summed E-state index contributed by atoms with van der Waals surface area (Å²) in [6.07, 6.45) is 2.77. The van der Waals surface area contributed by atoms with Gasteiger partial charge in [-0.3, -0.25) is 0 Å². The van der Waals surface area contributed by atoms with E-state index in [9.17, 15) is 9.90 Å². The number of unbranched alkanes of at least 4 members (excludes halogenated alkanes) is 1. The van der Waals surface area contributed by atoms with Crippen molar-refractivity contribution in [1.82, 2.24) is 0 Å². The third kappa shape index (κ3) is 64.3. The number of carbonyl (C=O) groups excluding carboxylic acids is 1. The molecule has 2 nitrogen and oxygen atoms in total. The number of hydrogen-bond acceptors (Lipinski definition) is 2. The average Bonchev–Trinajstić information content (AvgIpc) is 1.89. The van der Waals surface area contributed by atoms with Gasteiger partial charge in [-0.2, -0.15) is 0 Å². The molecule has 0 heterocycles. The molecule has 0 aromatic heterocycles. The van der Waals surface area contributed by atoms with Crippen LogP contribution >= 0.6 is 12.4 Å². The molecule has 4 radical (unpaired) electrons. The standard InChI is InChI=1S/C4H7O2.C4H9.2ClH.Sn/c1-2-3-4(5)6;1-3-4-2;;;/h1-3H2,(H,5,6);1,3-4H2,2H3;2*1H;/q;;;;+2/p-2. The molecule has 0 aliphatic rings. The van der Waals surface area contributed by atoms with E-state index in [0.29, 0.717) is 6.42 Å². The number of carboxylic acids is 1. The maximum Gasteiger partial charge on any atom is 2.00 e. The first kappa shape index (κ1) is 29.2. The molecule has 0 aromatic carbocycles. The van der Waals surface area contributed by atoms with Gasteiger partial charge in [0.25, 0.3) is 0 Å². The molecule has 0 N–H and O–H groups in total. The van der Waals surface area contributed by atoms with Gasteiger partial charge in [-0.15, -0.1) is 12.4 Å². The van der Waals surface area contributed by atoms with Crippen LogP contribution in [-0.4, -0.2) is 29.9 Å². The monoisotopic (exact) mass is 334 g/mol. The third-order valence-electron chi connectivity index (χ3n) is 0.734. The number of rotatable bonds is 3. The molecule has 5 heteroatoms. The molecule has 0 spiro atoms. The Morgan fingerprint density at radius 3 is 1.62 bits per heavy atom. The molecular weight excluding hydrogens is 318 g/mol. The molecule has 0 bridgehead atoms. The Hall–Kier alpha value is 0.849. The fourth-order valence-electron chi connectivity index (χ4n) is 0.144. The molecule has 78 valence electrons. The van der Waals surface area contributed by atoms with Gasteiger partial charge in [0.1, 0.15) is 0 Å². The molecule has 0 atom stereocenters. The van der Waals surface area contributed by atoms with Crippen molar-refractivity contribution in [1.29, 1.82) is 0 Å². The first-order valence-electron chi connectivity index (χ1n) is 3.47. The molecule has 0 rings (SSSR count). The van der Waals surface area contributed by atoms with E-state index in [-0.39, 0.29) is 55.1 Å². The van der Waals surface area contributed by atoms with Gasteiger partial charge in [-0.1, -0.05) is 33.6 Å². The van der Waals surface area contributed by atoms with E-state index >= 15 is 0 Å². The van der Waals surface area contributed by atoms with E-state index in [1.807, 2.05) is 0 Å². The Morgan fingerprint density at radius 2 is 1.62 bits per heavy atom. The van der Waals surface area contributed by atoms with E-state index in [0.717, 1.165) is 6.42 Å². The van der Waals surface area contributed by atoms with Crippen LogP contribution in [0.25, 0.3) is 0 Å². The first-order chi connectivity index (χ1) is 4.68. The van der Waals surface area contributed by atoms with Crippen LogP contribution in [0.3, 0.4) is 0 Å². The Morgan fingerprint density at radius 1 is 1.31 bits per heavy atom. The van der Waals surface area contributed by atoms with E-state index in [2.05, 4.69) is 20.8 Å². The normalized spacial score (nSPS) is 6.08. The SMILES string of the molecule is Cl.[CH2]CCC.[CH2]CCC(=O)[O-].[Cl-].[Sn+2]. The zero-order chi connectivity index (χ0) is 8.41. The summed E-state index contributed by atoms with van der Waals surface area (Å²) in [6, 6.07) is 0. The second kappa shape index (κ2) is 29.3. The Bertz CT molecular complexity index is 80.5. The van der Waals surface area contributed by atoms with E-state index < -0.39 is 5.97 Å². The van der Waals surface area contributed by atoms with Crippen molar-refractivity contribution < 1.29 is 22.3 Å². The minimum absolute atomic E-state index is 0. The predicted molar refractivity (Wildman–Crippen MR) is 52.9 cm³/mol. The van der Waals surface area contributed by atoms with Crippen LogP contribution < -0.4 is 17.5 Å². The summed E-state index contributed by atoms with van der Waals surface area (Å²) in [5.41, 5.74) is 0. The Kier molecular flexibility index (Phi) is 65.8. The van der Waals surface area contributed by atoms with Crippen molar-refractivity contribution in [2.75, 3.05) is 0 Å². The van der Waals surface area contributed by atoms with Gasteiger partial charge < -0.3 is 22.3 Å². The topological polar surface area (TPSA) is 40.1 Å². The second-order valence-electron chi connectivity index (χ2n) is 1.83. The summed E-state index contributed by atoms with van der Waals surface area (Å²) in [5, 5.41) is 9.45. The number of carboxylic acid groups (broad SMARTS) is 1. The van der Waals surface area contributed by atoms with E-state index in [4.69, 9.17) is 0 Å². The van der Waals surface area contributed by atoms with Crippen LogP contribution in [0, 0.1) is 13.8 Å². The van der Waals surface area contributed by atoms with Gasteiger partial charge in [-0.05, 0) is 12.8 Å². The molecule has 0 unspecified atom stereocenters. The molecular formula is C8H16Cl2O2Sn. The number of aliphatic carboxylic acids is 1. The first-order valence-corrected chi connectivity index (χ1v) is 3.47. The largest absolute Gasteiger partial charge is 2.00 e. The predicted octanol–water partition coefficient (Wildman–Crippen LogP) is -1.98. The molecule has 0 fully saturated rings. The van der Waals surface area contributed by atoms with Crippen LogP contribution in [0.4, 0.5) is 0 Å². The van der Waals surface area contributed by atoms with Gasteiger partial charge in [0, 0.05) is 5.97 Å². The molecule has 0 saturated heterocycles. The van der Waals surface area contributed by atoms with Crippen molar-refractivity contribution in [3.05, 3.63) is 13.8 Å². The van der Waals surface area contributed by atoms with Gasteiger partial charge in [0.15, 0.2) is 0 Å². The number of halogens is 2. The third-order valence-corrected chi connectivity index (χ3v) is 0.734. The van der Waals surface area contributed by atoms with Crippen LogP contribution in [-0.2, 0) is 4.79 Å². The fraction of sp³-hybridized carbons (Fsp3) is 0.625. The molecule has 0 saturated carbocycles. The minimum Gasteiger partial charge on any atom is -1.00 e. The van der Waals surface area contributed by atoms with E-state index in [1.54, 1.807) is 0 Å². The number of carbonyl (C=O) groups is 1. The Balaban J connectivity index is -0.0000000279. The van der Waals surface area contributed by atoms with Crippen LogP contribution in [0.1, 0.15) is 32.6 Å². The summed E-state index contributed by atoms with van der Waals surface area (Å²) in [7, 11) is 0. The van der Waals surface area contributed by atoms with Gasteiger partial charge >= 0.3 is 23.9 Å². The summed E-state index contributed by atoms with van der Waals surface area (Å²) in [5.74, 6) is -1.02. The number of hydrogen-bond donors (Lipinski definition) is 0. The van der Waals surface area contributed by atoms with Crippen LogP contribution in [0.15, 0.2) is 0 Å². The van der Waals surface area contributed by atoms with Crippen molar-refractivity contribution in [2.24, 2.45) is 0 Å². The maximum absolute atomic E-state index is 9.45. The van der Waals surface area contributed by atoms with Gasteiger partial charge in [-0.25, -0.2) is 0 Å². The van der Waals surface area contributed by atoms with Crippen molar-refractivity contribution >= 4 is 42.3 Å². The van der Waals surface area contributed by atoms with Gasteiger partial charge in [0.2, 0.25) is 0 Å². The summed E-state index contributed by atoms with van der Waals surface area (Å²) in [6.45, 7) is 9.03. The smallest absolute Gasteiger partial charge is 1.00 e. The molecule has 13 heavy (non-hydrogen) atoms. The molecule has 0 aromatic rings.